The smallest absolute Gasteiger partial charge is 0.123 e. The van der Waals surface area contributed by atoms with Crippen LogP contribution in [0.1, 0.15) is 30.4 Å². The predicted molar refractivity (Wildman–Crippen MR) is 65.8 cm³/mol. The zero-order valence-corrected chi connectivity index (χ0v) is 9.67. The lowest BCUT2D eigenvalue weighted by Gasteiger charge is -2.01. The second-order valence-electron chi connectivity index (χ2n) is 4.42. The lowest BCUT2D eigenvalue weighted by atomic mass is 10.1. The molecule has 2 rings (SSSR count). The monoisotopic (exact) mass is 219 g/mol. The maximum absolute atomic E-state index is 13.0. The highest BCUT2D eigenvalue weighted by Crippen LogP contribution is 2.18. The van der Waals surface area contributed by atoms with E-state index in [0.717, 1.165) is 30.1 Å². The number of rotatable bonds is 5. The van der Waals surface area contributed by atoms with Gasteiger partial charge in [0.15, 0.2) is 0 Å². The fourth-order valence-electron chi connectivity index (χ4n) is 1.66. The Bertz CT molecular complexity index is 380. The molecule has 0 aromatic heterocycles. The van der Waals surface area contributed by atoms with Gasteiger partial charge in [-0.15, -0.1) is 0 Å². The van der Waals surface area contributed by atoms with E-state index in [1.165, 1.54) is 18.9 Å². The van der Waals surface area contributed by atoms with Gasteiger partial charge < -0.3 is 5.32 Å². The molecule has 1 saturated carbocycles. The quantitative estimate of drug-likeness (QED) is 0.749. The summed E-state index contributed by atoms with van der Waals surface area (Å²) in [5.41, 5.74) is 2.10. The van der Waals surface area contributed by atoms with Gasteiger partial charge in [-0.2, -0.15) is 0 Å². The first-order chi connectivity index (χ1) is 7.75. The van der Waals surface area contributed by atoms with Crippen molar-refractivity contribution in [3.63, 3.8) is 0 Å². The molecule has 1 aliphatic rings. The third-order valence-corrected chi connectivity index (χ3v) is 2.86. The largest absolute Gasteiger partial charge is 0.314 e. The van der Waals surface area contributed by atoms with E-state index in [0.29, 0.717) is 0 Å². The maximum atomic E-state index is 13.0. The Kier molecular flexibility index (Phi) is 3.73. The maximum Gasteiger partial charge on any atom is 0.123 e. The van der Waals surface area contributed by atoms with E-state index in [4.69, 9.17) is 0 Å². The van der Waals surface area contributed by atoms with Gasteiger partial charge >= 0.3 is 0 Å². The number of halogens is 1. The minimum Gasteiger partial charge on any atom is -0.314 e. The summed E-state index contributed by atoms with van der Waals surface area (Å²) in [6, 6.07) is 5.67. The molecule has 0 atom stereocenters. The van der Waals surface area contributed by atoms with Crippen molar-refractivity contribution in [2.45, 2.75) is 32.2 Å². The lowest BCUT2D eigenvalue weighted by Crippen LogP contribution is -2.16. The van der Waals surface area contributed by atoms with Crippen LogP contribution in [0.25, 0.3) is 6.08 Å². The van der Waals surface area contributed by atoms with Crippen molar-refractivity contribution in [3.8, 4) is 0 Å². The van der Waals surface area contributed by atoms with Gasteiger partial charge in [0, 0.05) is 6.04 Å². The summed E-state index contributed by atoms with van der Waals surface area (Å²) in [4.78, 5) is 0. The number of hydrogen-bond donors (Lipinski definition) is 1. The summed E-state index contributed by atoms with van der Waals surface area (Å²) in [6.45, 7) is 3.02. The van der Waals surface area contributed by atoms with Gasteiger partial charge in [-0.1, -0.05) is 18.2 Å². The average Bonchev–Trinajstić information content (AvgIpc) is 3.06. The van der Waals surface area contributed by atoms with Gasteiger partial charge in [0.05, 0.1) is 0 Å². The molecule has 1 N–H and O–H groups in total. The summed E-state index contributed by atoms with van der Waals surface area (Å²) in [5, 5.41) is 3.44. The van der Waals surface area contributed by atoms with Gasteiger partial charge in [-0.05, 0) is 56.0 Å². The Balaban J connectivity index is 1.81. The average molecular weight is 219 g/mol. The van der Waals surface area contributed by atoms with Gasteiger partial charge in [0.1, 0.15) is 5.82 Å². The highest BCUT2D eigenvalue weighted by Gasteiger charge is 2.19. The summed E-state index contributed by atoms with van der Waals surface area (Å²) in [5.74, 6) is -0.165. The second kappa shape index (κ2) is 5.26. The van der Waals surface area contributed by atoms with Crippen LogP contribution in [-0.4, -0.2) is 12.6 Å². The molecule has 1 aliphatic carbocycles. The van der Waals surface area contributed by atoms with Crippen LogP contribution in [0.3, 0.4) is 0 Å². The molecular weight excluding hydrogens is 201 g/mol. The molecule has 2 heteroatoms. The summed E-state index contributed by atoms with van der Waals surface area (Å²) >= 11 is 0. The second-order valence-corrected chi connectivity index (χ2v) is 4.42. The molecule has 0 saturated heterocycles. The molecule has 1 aromatic rings. The zero-order chi connectivity index (χ0) is 11.4. The summed E-state index contributed by atoms with van der Waals surface area (Å²) in [7, 11) is 0. The molecule has 1 nitrogen and oxygen atoms in total. The Morgan fingerprint density at radius 3 is 3.00 bits per heavy atom. The Hall–Kier alpha value is -1.15. The van der Waals surface area contributed by atoms with Crippen molar-refractivity contribution < 1.29 is 4.39 Å². The van der Waals surface area contributed by atoms with E-state index >= 15 is 0 Å². The van der Waals surface area contributed by atoms with E-state index in [9.17, 15) is 4.39 Å². The van der Waals surface area contributed by atoms with Gasteiger partial charge in [-0.3, -0.25) is 0 Å². The molecule has 0 spiro atoms. The molecule has 0 unspecified atom stereocenters. The number of benzene rings is 1. The van der Waals surface area contributed by atoms with Crippen molar-refractivity contribution in [1.29, 1.82) is 0 Å². The Morgan fingerprint density at radius 1 is 1.44 bits per heavy atom. The van der Waals surface area contributed by atoms with Crippen LogP contribution >= 0.6 is 0 Å². The number of nitrogens with one attached hydrogen (secondary N) is 1. The van der Waals surface area contributed by atoms with E-state index in [1.807, 2.05) is 19.1 Å². The number of aryl methyl sites for hydroxylation is 1. The van der Waals surface area contributed by atoms with E-state index in [1.54, 1.807) is 6.07 Å². The Morgan fingerprint density at radius 2 is 2.25 bits per heavy atom. The first-order valence-corrected chi connectivity index (χ1v) is 5.92. The topological polar surface area (TPSA) is 12.0 Å². The van der Waals surface area contributed by atoms with Crippen LogP contribution in [0.15, 0.2) is 24.3 Å². The van der Waals surface area contributed by atoms with Crippen LogP contribution < -0.4 is 5.32 Å². The van der Waals surface area contributed by atoms with Gasteiger partial charge in [-0.25, -0.2) is 4.39 Å². The van der Waals surface area contributed by atoms with E-state index in [2.05, 4.69) is 11.4 Å². The van der Waals surface area contributed by atoms with Crippen molar-refractivity contribution >= 4 is 6.08 Å². The Labute approximate surface area is 96.4 Å². The van der Waals surface area contributed by atoms with Crippen LogP contribution in [0.2, 0.25) is 0 Å². The van der Waals surface area contributed by atoms with Gasteiger partial charge in [0.25, 0.3) is 0 Å². The SMILES string of the molecule is Cc1ccc(F)cc1C=CCCNC1CC1. The molecule has 16 heavy (non-hydrogen) atoms. The molecule has 0 heterocycles. The normalized spacial score (nSPS) is 15.9. The van der Waals surface area contributed by atoms with Crippen LogP contribution in [0, 0.1) is 12.7 Å². The standard InChI is InChI=1S/C14H18FN/c1-11-5-6-13(15)10-12(11)4-2-3-9-16-14-7-8-14/h2,4-6,10,14,16H,3,7-9H2,1H3. The first-order valence-electron chi connectivity index (χ1n) is 5.92. The van der Waals surface area contributed by atoms with Crippen molar-refractivity contribution in [3.05, 3.63) is 41.2 Å². The fraction of sp³-hybridized carbons (Fsp3) is 0.429. The highest BCUT2D eigenvalue weighted by molar-refractivity contribution is 5.53. The van der Waals surface area contributed by atoms with Crippen molar-refractivity contribution in [2.24, 2.45) is 0 Å². The third kappa shape index (κ3) is 3.46. The molecule has 0 radical (unpaired) electrons. The molecule has 86 valence electrons. The van der Waals surface area contributed by atoms with E-state index in [-0.39, 0.29) is 5.82 Å². The van der Waals surface area contributed by atoms with Crippen molar-refractivity contribution in [2.75, 3.05) is 6.54 Å². The minimum absolute atomic E-state index is 0.165. The summed E-state index contributed by atoms with van der Waals surface area (Å²) in [6.07, 6.45) is 7.77. The highest BCUT2D eigenvalue weighted by atomic mass is 19.1. The minimum atomic E-state index is -0.165. The van der Waals surface area contributed by atoms with Gasteiger partial charge in [0.2, 0.25) is 0 Å². The van der Waals surface area contributed by atoms with Crippen LogP contribution in [0.5, 0.6) is 0 Å². The third-order valence-electron chi connectivity index (χ3n) is 2.86. The van der Waals surface area contributed by atoms with E-state index < -0.39 is 0 Å². The fourth-order valence-corrected chi connectivity index (χ4v) is 1.66. The zero-order valence-electron chi connectivity index (χ0n) is 9.67. The molecule has 1 fully saturated rings. The van der Waals surface area contributed by atoms with Crippen LogP contribution in [0.4, 0.5) is 4.39 Å². The predicted octanol–water partition coefficient (Wildman–Crippen LogP) is 3.29. The number of hydrogen-bond acceptors (Lipinski definition) is 1. The molecule has 0 aliphatic heterocycles. The molecule has 1 aromatic carbocycles. The molecule has 0 amide bonds. The van der Waals surface area contributed by atoms with Crippen LogP contribution in [-0.2, 0) is 0 Å². The first kappa shape index (κ1) is 11.3. The summed E-state index contributed by atoms with van der Waals surface area (Å²) < 4.78 is 13.0. The van der Waals surface area contributed by atoms with Crippen molar-refractivity contribution in [1.82, 2.24) is 5.32 Å². The molecular formula is C14H18FN. The molecule has 0 bridgehead atoms. The lowest BCUT2D eigenvalue weighted by molar-refractivity contribution is 0.627.